The lowest BCUT2D eigenvalue weighted by Crippen LogP contribution is -2.33. The molecule has 12 N–H and O–H groups in total. The van der Waals surface area contributed by atoms with E-state index in [1.165, 1.54) is 9.13 Å². The Labute approximate surface area is 319 Å². The second kappa shape index (κ2) is 16.1. The monoisotopic (exact) mass is 906 g/mol. The largest absolute Gasteiger partial charge is 0.443 e. The Morgan fingerprint density at radius 3 is 1.35 bits per heavy atom. The third kappa shape index (κ3) is 9.88. The fraction of sp³-hybridized carbons (Fsp3) is 0.545. The number of fused-ring (bicyclic) bond motifs is 2. The van der Waals surface area contributed by atoms with E-state index in [1.807, 2.05) is 0 Å². The zero-order valence-corrected chi connectivity index (χ0v) is 32.8. The summed E-state index contributed by atoms with van der Waals surface area (Å²) in [6.07, 6.45) is -8.19. The molecule has 3 radical (unpaired) electrons. The summed E-state index contributed by atoms with van der Waals surface area (Å²) in [5.41, 5.74) is 11.9. The van der Waals surface area contributed by atoms with E-state index in [2.05, 4.69) is 38.5 Å². The van der Waals surface area contributed by atoms with Gasteiger partial charge in [-0.2, -0.15) is 0 Å². The molecular formula is C22H32BN10O19P5-. The summed E-state index contributed by atoms with van der Waals surface area (Å²) < 4.78 is 94.7. The molecule has 4 aromatic rings. The average Bonchev–Trinajstić information content (AvgIpc) is 3.83. The van der Waals surface area contributed by atoms with E-state index in [-0.39, 0.29) is 34.0 Å². The maximum atomic E-state index is 12.7. The molecule has 2 saturated heterocycles. The molecule has 57 heavy (non-hydrogen) atoms. The topological polar surface area (TPSA) is 442 Å². The number of hydrogen-bond acceptors (Lipinski definition) is 23. The van der Waals surface area contributed by atoms with Gasteiger partial charge in [-0.15, -0.1) is 0 Å². The van der Waals surface area contributed by atoms with Gasteiger partial charge in [-0.1, -0.05) is 0 Å². The van der Waals surface area contributed by atoms with Crippen LogP contribution in [-0.2, 0) is 50.0 Å². The van der Waals surface area contributed by atoms with Crippen molar-refractivity contribution in [3.63, 3.8) is 0 Å². The SMILES string of the molecule is [B-]P(=O)(OP(=O)(O)CP(=O)(O)OC[C@H]1O[C@@H](n2cnc3c(N)ncnc32)[C@@H](O)[C@H]1O)OP(=O)(O)CP(=O)(O)OC[C@H]1O[C@@H](n2cnc3c(N)ncnc32)[C@@H](O)[C@H]1O. The summed E-state index contributed by atoms with van der Waals surface area (Å²) in [6.45, 7) is -1.98. The molecule has 4 unspecified atom stereocenters. The van der Waals surface area contributed by atoms with Crippen molar-refractivity contribution in [2.75, 3.05) is 36.5 Å². The summed E-state index contributed by atoms with van der Waals surface area (Å²) in [6, 6.07) is 0. The second-order valence-electron chi connectivity index (χ2n) is 12.4. The van der Waals surface area contributed by atoms with Gasteiger partial charge in [0.2, 0.25) is 0 Å². The van der Waals surface area contributed by atoms with Gasteiger partial charge in [0.15, 0.2) is 47.2 Å². The zero-order chi connectivity index (χ0) is 41.9. The van der Waals surface area contributed by atoms with Crippen LogP contribution in [0.3, 0.4) is 0 Å². The van der Waals surface area contributed by atoms with E-state index in [1.54, 1.807) is 0 Å². The predicted molar refractivity (Wildman–Crippen MR) is 188 cm³/mol. The summed E-state index contributed by atoms with van der Waals surface area (Å²) in [4.78, 5) is 64.3. The Morgan fingerprint density at radius 1 is 0.614 bits per heavy atom. The minimum absolute atomic E-state index is 0.00616. The predicted octanol–water partition coefficient (Wildman–Crippen LogP) is -1.93. The molecule has 0 aliphatic carbocycles. The van der Waals surface area contributed by atoms with Crippen LogP contribution in [0.4, 0.5) is 11.6 Å². The minimum Gasteiger partial charge on any atom is -0.443 e. The number of aliphatic hydroxyl groups is 4. The van der Waals surface area contributed by atoms with Crippen LogP contribution in [0.25, 0.3) is 22.3 Å². The summed E-state index contributed by atoms with van der Waals surface area (Å²) in [7, 11) is -22.4. The van der Waals surface area contributed by atoms with Crippen LogP contribution < -0.4 is 11.5 Å². The molecule has 313 valence electrons. The summed E-state index contributed by atoms with van der Waals surface area (Å²) in [5.74, 6) is -3.75. The Balaban J connectivity index is 1.00. The fourth-order valence-electron chi connectivity index (χ4n) is 5.64. The van der Waals surface area contributed by atoms with E-state index < -0.39 is 112 Å². The number of anilines is 2. The fourth-order valence-corrected chi connectivity index (χ4v) is 15.2. The number of aromatic nitrogens is 8. The third-order valence-corrected chi connectivity index (χ3v) is 18.8. The highest BCUT2D eigenvalue weighted by atomic mass is 31.3. The molecule has 12 atom stereocenters. The van der Waals surface area contributed by atoms with Crippen molar-refractivity contribution in [1.82, 2.24) is 39.0 Å². The quantitative estimate of drug-likeness (QED) is 0.0432. The van der Waals surface area contributed by atoms with E-state index >= 15 is 0 Å². The highest BCUT2D eigenvalue weighted by Gasteiger charge is 2.48. The number of imidazole rings is 2. The van der Waals surface area contributed by atoms with Crippen LogP contribution in [0.2, 0.25) is 0 Å². The molecule has 2 fully saturated rings. The standard InChI is InChI=1S/C22H32BN10O19P5/c23-57(46,51-55(42,43)7-53(38,39)47-1-9-13(34)15(36)21(49-9)32-5-30-11-17(24)26-3-28-19(11)32)52-56(44,45)8-54(40,41)48-2-10-14(35)16(37)22(50-10)33-6-31-12-18(25)27-4-29-20(12)33/h3-6,9-10,13-16,21-22,34-37H,1-2,7-8H2,(H,38,39)(H,40,41)(H,42,43)(H,44,45)(H2,24,26,28)(H2,25,27,29)/q-1/t9-,10-,13+,14+,15+,16+,21-,22-/m1/s1. The van der Waals surface area contributed by atoms with Gasteiger partial charge < -0.3 is 82.1 Å². The van der Waals surface area contributed by atoms with Crippen LogP contribution in [0.15, 0.2) is 25.3 Å². The van der Waals surface area contributed by atoms with Crippen LogP contribution in [-0.4, -0.2) is 148 Å². The van der Waals surface area contributed by atoms with Gasteiger partial charge in [0.25, 0.3) is 0 Å². The van der Waals surface area contributed by atoms with E-state index in [0.717, 1.165) is 25.3 Å². The van der Waals surface area contributed by atoms with Crippen molar-refractivity contribution in [3.8, 4) is 0 Å². The minimum atomic E-state index is -5.70. The second-order valence-corrected chi connectivity index (χ2v) is 22.7. The molecule has 0 saturated carbocycles. The van der Waals surface area contributed by atoms with Gasteiger partial charge >= 0.3 is 30.4 Å². The van der Waals surface area contributed by atoms with Crippen molar-refractivity contribution in [2.45, 2.75) is 49.1 Å². The normalized spacial score (nSPS) is 30.8. The maximum Gasteiger partial charge on any atom is 0.344 e. The first-order valence-electron chi connectivity index (χ1n) is 15.6. The number of ether oxygens (including phenoxy) is 2. The molecule has 0 spiro atoms. The Bertz CT molecular complexity index is 2230. The van der Waals surface area contributed by atoms with E-state index in [0.29, 0.717) is 0 Å². The van der Waals surface area contributed by atoms with Crippen molar-refractivity contribution in [3.05, 3.63) is 25.3 Å². The Morgan fingerprint density at radius 2 is 0.982 bits per heavy atom. The van der Waals surface area contributed by atoms with Gasteiger partial charge in [0.1, 0.15) is 60.3 Å². The van der Waals surface area contributed by atoms with Crippen molar-refractivity contribution < 1.29 is 90.0 Å². The van der Waals surface area contributed by atoms with E-state index in [4.69, 9.17) is 37.6 Å². The van der Waals surface area contributed by atoms with Gasteiger partial charge in [-0.3, -0.25) is 36.0 Å². The number of nitrogens with zero attached hydrogens (tertiary/aromatic N) is 8. The summed E-state index contributed by atoms with van der Waals surface area (Å²) >= 11 is 0. The number of hydrogen-bond donors (Lipinski definition) is 10. The lowest BCUT2D eigenvalue weighted by atomic mass is 10.1. The first kappa shape index (κ1) is 43.9. The van der Waals surface area contributed by atoms with Crippen LogP contribution in [0, 0.1) is 0 Å². The number of rotatable bonds is 16. The molecule has 29 nitrogen and oxygen atoms in total. The smallest absolute Gasteiger partial charge is 0.344 e. The van der Waals surface area contributed by atoms with Gasteiger partial charge in [-0.25, -0.2) is 29.9 Å². The first-order chi connectivity index (χ1) is 26.4. The number of aliphatic hydroxyl groups excluding tert-OH is 4. The lowest BCUT2D eigenvalue weighted by Gasteiger charge is -2.30. The van der Waals surface area contributed by atoms with Crippen LogP contribution in [0.1, 0.15) is 12.5 Å². The Kier molecular flexibility index (Phi) is 12.4. The van der Waals surface area contributed by atoms with Gasteiger partial charge in [0.05, 0.1) is 33.3 Å². The Hall–Kier alpha value is -2.65. The molecule has 6 rings (SSSR count). The highest BCUT2D eigenvalue weighted by molar-refractivity contribution is 7.89. The van der Waals surface area contributed by atoms with Crippen LogP contribution >= 0.6 is 37.9 Å². The van der Waals surface area contributed by atoms with Gasteiger partial charge in [-0.05, 0) is 0 Å². The molecule has 2 aliphatic rings. The molecule has 6 heterocycles. The molecule has 2 aliphatic heterocycles. The number of nitrogen functional groups attached to an aromatic ring is 2. The molecular weight excluding hydrogens is 874 g/mol. The highest BCUT2D eigenvalue weighted by Crippen LogP contribution is 2.72. The van der Waals surface area contributed by atoms with E-state index in [9.17, 15) is 62.8 Å². The summed E-state index contributed by atoms with van der Waals surface area (Å²) in [5, 5.41) is 42.0. The number of nitrogens with two attached hydrogens (primary N) is 2. The molecule has 0 amide bonds. The van der Waals surface area contributed by atoms with Crippen molar-refractivity contribution >= 4 is 79.4 Å². The molecule has 4 aromatic heterocycles. The zero-order valence-electron chi connectivity index (χ0n) is 28.4. The molecule has 35 heteroatoms. The molecule has 0 bridgehead atoms. The van der Waals surface area contributed by atoms with Crippen LogP contribution in [0.5, 0.6) is 0 Å². The lowest BCUT2D eigenvalue weighted by molar-refractivity contribution is -0.0483. The van der Waals surface area contributed by atoms with Gasteiger partial charge in [0, 0.05) is 0 Å². The third-order valence-electron chi connectivity index (χ3n) is 8.08. The first-order valence-corrected chi connectivity index (χ1v) is 24.3. The van der Waals surface area contributed by atoms with Crippen molar-refractivity contribution in [1.29, 1.82) is 0 Å². The average molecular weight is 906 g/mol. The van der Waals surface area contributed by atoms with Crippen molar-refractivity contribution in [2.24, 2.45) is 0 Å². The maximum absolute atomic E-state index is 12.7. The molecule has 0 aromatic carbocycles.